The summed E-state index contributed by atoms with van der Waals surface area (Å²) in [6.45, 7) is 3.60. The number of benzene rings is 2. The molecule has 2 aromatic carbocycles. The molecule has 27 heavy (non-hydrogen) atoms. The molecule has 1 fully saturated rings. The van der Waals surface area contributed by atoms with Crippen molar-refractivity contribution in [2.45, 2.75) is 19.4 Å². The van der Waals surface area contributed by atoms with Crippen molar-refractivity contribution in [3.63, 3.8) is 0 Å². The zero-order valence-corrected chi connectivity index (χ0v) is 15.9. The molecule has 0 aliphatic carbocycles. The van der Waals surface area contributed by atoms with Crippen molar-refractivity contribution in [2.24, 2.45) is 11.0 Å². The number of hydrogen-bond acceptors (Lipinski definition) is 2. The van der Waals surface area contributed by atoms with Crippen LogP contribution in [0.15, 0.2) is 53.8 Å². The molecule has 5 nitrogen and oxygen atoms in total. The molecular weight excluding hydrogens is 358 g/mol. The van der Waals surface area contributed by atoms with Gasteiger partial charge in [0.15, 0.2) is 0 Å². The molecule has 1 aromatic heterocycles. The van der Waals surface area contributed by atoms with E-state index in [1.807, 2.05) is 6.20 Å². The fraction of sp³-hybridized carbons (Fsp3) is 0.333. The first-order chi connectivity index (χ1) is 13.2. The highest BCUT2D eigenvalue weighted by Crippen LogP contribution is 2.31. The van der Waals surface area contributed by atoms with Gasteiger partial charge in [-0.15, -0.1) is 0 Å². The van der Waals surface area contributed by atoms with Crippen molar-refractivity contribution in [3.8, 4) is 11.1 Å². The minimum atomic E-state index is 0.520. The molecule has 0 saturated carbocycles. The van der Waals surface area contributed by atoms with Gasteiger partial charge in [0.1, 0.15) is 0 Å². The number of fused-ring (bicyclic) bond motifs is 1. The van der Waals surface area contributed by atoms with E-state index >= 15 is 0 Å². The van der Waals surface area contributed by atoms with Crippen molar-refractivity contribution < 1.29 is 0 Å². The van der Waals surface area contributed by atoms with Gasteiger partial charge >= 0.3 is 0 Å². The number of likely N-dealkylation sites (tertiary alicyclic amines) is 1. The summed E-state index contributed by atoms with van der Waals surface area (Å²) < 4.78 is 0. The van der Waals surface area contributed by atoms with E-state index in [0.717, 1.165) is 54.1 Å². The lowest BCUT2D eigenvalue weighted by Gasteiger charge is -2.31. The standard InChI is InChI=1S/C21H22ClN5/c22-20-11-16(14-27-9-6-15(7-10-27)13-25-26-23)1-3-19(20)17-2-4-21-18(12-17)5-8-24-21/h1-5,8,11-12,15,24H,6-7,9-10,13-14H2. The first-order valence-corrected chi connectivity index (χ1v) is 9.70. The van der Waals surface area contributed by atoms with Gasteiger partial charge in [0.05, 0.1) is 0 Å². The van der Waals surface area contributed by atoms with Crippen LogP contribution in [0, 0.1) is 5.92 Å². The van der Waals surface area contributed by atoms with Crippen LogP contribution in [0.25, 0.3) is 32.5 Å². The zero-order chi connectivity index (χ0) is 18.6. The van der Waals surface area contributed by atoms with Gasteiger partial charge in [0, 0.05) is 40.3 Å². The summed E-state index contributed by atoms with van der Waals surface area (Å²) in [5.74, 6) is 0.520. The van der Waals surface area contributed by atoms with Crippen LogP contribution in [0.1, 0.15) is 18.4 Å². The van der Waals surface area contributed by atoms with Gasteiger partial charge in [-0.3, -0.25) is 4.90 Å². The van der Waals surface area contributed by atoms with Crippen molar-refractivity contribution in [1.29, 1.82) is 0 Å². The van der Waals surface area contributed by atoms with E-state index in [4.69, 9.17) is 17.1 Å². The Balaban J connectivity index is 1.43. The summed E-state index contributed by atoms with van der Waals surface area (Å²) in [5, 5.41) is 5.70. The van der Waals surface area contributed by atoms with Gasteiger partial charge in [0.25, 0.3) is 0 Å². The van der Waals surface area contributed by atoms with Crippen LogP contribution in [-0.2, 0) is 6.54 Å². The van der Waals surface area contributed by atoms with E-state index in [1.165, 1.54) is 10.9 Å². The average Bonchev–Trinajstić information content (AvgIpc) is 3.15. The number of aromatic amines is 1. The van der Waals surface area contributed by atoms with Crippen molar-refractivity contribution in [2.75, 3.05) is 19.6 Å². The molecule has 0 atom stereocenters. The highest BCUT2D eigenvalue weighted by atomic mass is 35.5. The second kappa shape index (κ2) is 8.05. The number of H-pyrrole nitrogens is 1. The number of halogens is 1. The topological polar surface area (TPSA) is 67.8 Å². The highest BCUT2D eigenvalue weighted by Gasteiger charge is 2.19. The maximum Gasteiger partial charge on any atom is 0.0487 e. The van der Waals surface area contributed by atoms with Crippen LogP contribution in [0.4, 0.5) is 0 Å². The predicted molar refractivity (Wildman–Crippen MR) is 111 cm³/mol. The summed E-state index contributed by atoms with van der Waals surface area (Å²) >= 11 is 6.61. The lowest BCUT2D eigenvalue weighted by Crippen LogP contribution is -2.34. The predicted octanol–water partition coefficient (Wildman–Crippen LogP) is 6.01. The molecule has 0 radical (unpaired) electrons. The largest absolute Gasteiger partial charge is 0.361 e. The third-order valence-electron chi connectivity index (χ3n) is 5.41. The number of hydrogen-bond donors (Lipinski definition) is 1. The summed E-state index contributed by atoms with van der Waals surface area (Å²) in [6, 6.07) is 14.8. The maximum absolute atomic E-state index is 8.45. The van der Waals surface area contributed by atoms with Crippen LogP contribution >= 0.6 is 11.6 Å². The lowest BCUT2D eigenvalue weighted by atomic mass is 9.96. The lowest BCUT2D eigenvalue weighted by molar-refractivity contribution is 0.180. The molecule has 6 heteroatoms. The molecule has 0 unspecified atom stereocenters. The Hall–Kier alpha value is -2.46. The molecule has 3 aromatic rings. The highest BCUT2D eigenvalue weighted by molar-refractivity contribution is 6.33. The van der Waals surface area contributed by atoms with E-state index < -0.39 is 0 Å². The monoisotopic (exact) mass is 379 g/mol. The Bertz CT molecular complexity index is 981. The summed E-state index contributed by atoms with van der Waals surface area (Å²) in [5.41, 5.74) is 13.0. The fourth-order valence-electron chi connectivity index (χ4n) is 3.85. The Kier molecular flexibility index (Phi) is 5.35. The van der Waals surface area contributed by atoms with Gasteiger partial charge in [0.2, 0.25) is 0 Å². The minimum absolute atomic E-state index is 0.520. The molecule has 0 amide bonds. The van der Waals surface area contributed by atoms with Crippen LogP contribution in [0.5, 0.6) is 0 Å². The molecule has 1 saturated heterocycles. The third kappa shape index (κ3) is 4.11. The molecule has 0 spiro atoms. The maximum atomic E-state index is 8.45. The third-order valence-corrected chi connectivity index (χ3v) is 5.73. The Morgan fingerprint density at radius 1 is 1.15 bits per heavy atom. The van der Waals surface area contributed by atoms with Gasteiger partial charge in [-0.25, -0.2) is 0 Å². The number of piperidine rings is 1. The van der Waals surface area contributed by atoms with Crippen LogP contribution < -0.4 is 0 Å². The molecule has 138 valence electrons. The van der Waals surface area contributed by atoms with Crippen LogP contribution in [0.2, 0.25) is 5.02 Å². The first-order valence-electron chi connectivity index (χ1n) is 9.32. The quantitative estimate of drug-likeness (QED) is 0.329. The van der Waals surface area contributed by atoms with Crippen LogP contribution in [0.3, 0.4) is 0 Å². The normalized spacial score (nSPS) is 15.7. The van der Waals surface area contributed by atoms with E-state index in [0.29, 0.717) is 12.5 Å². The summed E-state index contributed by atoms with van der Waals surface area (Å²) in [7, 11) is 0. The molecule has 4 rings (SSSR count). The van der Waals surface area contributed by atoms with Crippen molar-refractivity contribution in [1.82, 2.24) is 9.88 Å². The Morgan fingerprint density at radius 3 is 2.78 bits per heavy atom. The zero-order valence-electron chi connectivity index (χ0n) is 15.1. The Labute approximate surface area is 163 Å². The number of nitrogens with one attached hydrogen (secondary N) is 1. The van der Waals surface area contributed by atoms with Crippen molar-refractivity contribution in [3.05, 3.63) is 69.7 Å². The number of azide groups is 1. The molecule has 0 bridgehead atoms. The van der Waals surface area contributed by atoms with E-state index in [2.05, 4.69) is 62.4 Å². The number of nitrogens with zero attached hydrogens (tertiary/aromatic N) is 4. The van der Waals surface area contributed by atoms with Gasteiger partial charge in [-0.05, 0) is 78.2 Å². The fourth-order valence-corrected chi connectivity index (χ4v) is 4.16. The molecule has 2 heterocycles. The summed E-state index contributed by atoms with van der Waals surface area (Å²) in [6.07, 6.45) is 4.12. The van der Waals surface area contributed by atoms with E-state index in [-0.39, 0.29) is 0 Å². The second-order valence-electron chi connectivity index (χ2n) is 7.23. The second-order valence-corrected chi connectivity index (χ2v) is 7.63. The number of rotatable bonds is 5. The van der Waals surface area contributed by atoms with E-state index in [1.54, 1.807) is 0 Å². The van der Waals surface area contributed by atoms with Crippen molar-refractivity contribution >= 4 is 22.5 Å². The Morgan fingerprint density at radius 2 is 2.00 bits per heavy atom. The molecule has 1 aliphatic rings. The smallest absolute Gasteiger partial charge is 0.0487 e. The molecular formula is C21H22ClN5. The minimum Gasteiger partial charge on any atom is -0.361 e. The molecule has 1 aliphatic heterocycles. The van der Waals surface area contributed by atoms with Gasteiger partial charge in [-0.1, -0.05) is 34.9 Å². The van der Waals surface area contributed by atoms with Gasteiger partial charge in [-0.2, -0.15) is 0 Å². The average molecular weight is 380 g/mol. The SMILES string of the molecule is [N-]=[N+]=NCC1CCN(Cc2ccc(-c3ccc4[nH]ccc4c3)c(Cl)c2)CC1. The summed E-state index contributed by atoms with van der Waals surface area (Å²) in [4.78, 5) is 8.54. The van der Waals surface area contributed by atoms with Gasteiger partial charge < -0.3 is 4.98 Å². The number of aromatic nitrogens is 1. The first kappa shape index (κ1) is 17.9. The molecule has 1 N–H and O–H groups in total. The van der Waals surface area contributed by atoms with Crippen LogP contribution in [-0.4, -0.2) is 29.5 Å². The van der Waals surface area contributed by atoms with E-state index in [9.17, 15) is 0 Å².